The minimum absolute atomic E-state index is 0.294. The Labute approximate surface area is 188 Å². The van der Waals surface area contributed by atoms with Gasteiger partial charge >= 0.3 is 5.97 Å². The standard InChI is InChI=1S/C27H27N3O2/c1-3-24(26(31)32-4-2)25-28-20-30(29-25)27(21-14-8-5-9-15-21,22-16-10-6-11-17-22)23-18-12-7-13-19-23/h5-20,24H,3-4H2,1-2H3. The summed E-state index contributed by atoms with van der Waals surface area (Å²) in [7, 11) is 0. The van der Waals surface area contributed by atoms with Gasteiger partial charge in [-0.05, 0) is 30.0 Å². The van der Waals surface area contributed by atoms with Crippen LogP contribution in [0.15, 0.2) is 97.3 Å². The molecule has 3 aromatic carbocycles. The third kappa shape index (κ3) is 3.82. The highest BCUT2D eigenvalue weighted by Gasteiger charge is 2.40. The van der Waals surface area contributed by atoms with Crippen LogP contribution >= 0.6 is 0 Å². The SMILES string of the molecule is CCOC(=O)C(CC)c1ncn(C(c2ccccc2)(c2ccccc2)c2ccccc2)n1. The van der Waals surface area contributed by atoms with Crippen molar-refractivity contribution in [3.05, 3.63) is 120 Å². The molecule has 0 aliphatic heterocycles. The van der Waals surface area contributed by atoms with Crippen molar-refractivity contribution in [1.82, 2.24) is 14.8 Å². The summed E-state index contributed by atoms with van der Waals surface area (Å²) >= 11 is 0. The first kappa shape index (κ1) is 21.5. The van der Waals surface area contributed by atoms with Gasteiger partial charge in [0.15, 0.2) is 5.82 Å². The first-order valence-electron chi connectivity index (χ1n) is 11.0. The van der Waals surface area contributed by atoms with Crippen LogP contribution in [0.4, 0.5) is 0 Å². The molecule has 4 aromatic rings. The molecule has 0 fully saturated rings. The second-order valence-corrected chi connectivity index (χ2v) is 7.57. The van der Waals surface area contributed by atoms with Crippen molar-refractivity contribution in [2.45, 2.75) is 31.7 Å². The summed E-state index contributed by atoms with van der Waals surface area (Å²) < 4.78 is 7.15. The maximum atomic E-state index is 12.5. The topological polar surface area (TPSA) is 57.0 Å². The third-order valence-electron chi connectivity index (χ3n) is 5.72. The van der Waals surface area contributed by atoms with Gasteiger partial charge in [-0.3, -0.25) is 4.79 Å². The molecule has 0 aliphatic rings. The fourth-order valence-electron chi connectivity index (χ4n) is 4.23. The predicted octanol–water partition coefficient (Wildman–Crippen LogP) is 5.18. The molecule has 0 bridgehead atoms. The number of hydrogen-bond acceptors (Lipinski definition) is 4. The zero-order chi connectivity index (χ0) is 22.4. The minimum atomic E-state index is -0.748. The molecule has 1 unspecified atom stereocenters. The summed E-state index contributed by atoms with van der Waals surface area (Å²) in [6, 6.07) is 30.8. The molecular formula is C27H27N3O2. The van der Waals surface area contributed by atoms with E-state index in [1.807, 2.05) is 73.1 Å². The Hall–Kier alpha value is -3.73. The Bertz CT molecular complexity index is 1040. The van der Waals surface area contributed by atoms with Gasteiger partial charge in [-0.25, -0.2) is 9.67 Å². The summed E-state index contributed by atoms with van der Waals surface area (Å²) in [5.74, 6) is -0.327. The van der Waals surface area contributed by atoms with Crippen molar-refractivity contribution < 1.29 is 9.53 Å². The van der Waals surface area contributed by atoms with Crippen LogP contribution in [-0.2, 0) is 15.1 Å². The van der Waals surface area contributed by atoms with Crippen molar-refractivity contribution in [3.8, 4) is 0 Å². The second-order valence-electron chi connectivity index (χ2n) is 7.57. The molecule has 0 amide bonds. The number of ether oxygens (including phenoxy) is 1. The molecule has 5 heteroatoms. The van der Waals surface area contributed by atoms with Gasteiger partial charge in [0.05, 0.1) is 6.61 Å². The Balaban J connectivity index is 1.97. The smallest absolute Gasteiger partial charge is 0.316 e. The van der Waals surface area contributed by atoms with Gasteiger partial charge in [-0.1, -0.05) is 97.9 Å². The second kappa shape index (κ2) is 9.60. The lowest BCUT2D eigenvalue weighted by Crippen LogP contribution is -2.38. The number of carbonyl (C=O) groups excluding carboxylic acids is 1. The Morgan fingerprint density at radius 3 is 1.72 bits per heavy atom. The summed E-state index contributed by atoms with van der Waals surface area (Å²) in [6.07, 6.45) is 2.29. The van der Waals surface area contributed by atoms with Crippen LogP contribution < -0.4 is 0 Å². The van der Waals surface area contributed by atoms with E-state index in [4.69, 9.17) is 9.84 Å². The first-order chi connectivity index (χ1) is 15.7. The summed E-state index contributed by atoms with van der Waals surface area (Å²) in [5.41, 5.74) is 2.41. The number of aromatic nitrogens is 3. The summed E-state index contributed by atoms with van der Waals surface area (Å²) in [4.78, 5) is 17.1. The molecular weight excluding hydrogens is 398 g/mol. The maximum absolute atomic E-state index is 12.5. The fraction of sp³-hybridized carbons (Fsp3) is 0.222. The molecule has 0 saturated heterocycles. The van der Waals surface area contributed by atoms with Crippen molar-refractivity contribution >= 4 is 5.97 Å². The molecule has 4 rings (SSSR count). The van der Waals surface area contributed by atoms with Gasteiger partial charge in [0.2, 0.25) is 0 Å². The van der Waals surface area contributed by atoms with E-state index in [0.717, 1.165) is 16.7 Å². The van der Waals surface area contributed by atoms with E-state index >= 15 is 0 Å². The molecule has 5 nitrogen and oxygen atoms in total. The molecule has 0 spiro atoms. The number of benzene rings is 3. The minimum Gasteiger partial charge on any atom is -0.465 e. The highest BCUT2D eigenvalue weighted by atomic mass is 16.5. The molecule has 0 saturated carbocycles. The lowest BCUT2D eigenvalue weighted by molar-refractivity contribution is -0.145. The summed E-state index contributed by atoms with van der Waals surface area (Å²) in [6.45, 7) is 4.08. The summed E-state index contributed by atoms with van der Waals surface area (Å²) in [5, 5.41) is 4.89. The average Bonchev–Trinajstić information content (AvgIpc) is 3.32. The number of carbonyl (C=O) groups is 1. The van der Waals surface area contributed by atoms with Crippen LogP contribution in [0, 0.1) is 0 Å². The number of rotatable bonds is 8. The van der Waals surface area contributed by atoms with Gasteiger partial charge in [0.1, 0.15) is 17.8 Å². The Morgan fingerprint density at radius 2 is 1.31 bits per heavy atom. The van der Waals surface area contributed by atoms with E-state index in [9.17, 15) is 4.79 Å². The van der Waals surface area contributed by atoms with Crippen molar-refractivity contribution in [2.75, 3.05) is 6.61 Å². The van der Waals surface area contributed by atoms with Gasteiger partial charge in [-0.15, -0.1) is 0 Å². The van der Waals surface area contributed by atoms with Gasteiger partial charge < -0.3 is 4.74 Å². The van der Waals surface area contributed by atoms with E-state index < -0.39 is 11.5 Å². The monoisotopic (exact) mass is 425 g/mol. The maximum Gasteiger partial charge on any atom is 0.316 e. The lowest BCUT2D eigenvalue weighted by Gasteiger charge is -2.35. The molecule has 1 atom stereocenters. The van der Waals surface area contributed by atoms with Gasteiger partial charge in [-0.2, -0.15) is 5.10 Å². The molecule has 1 aromatic heterocycles. The van der Waals surface area contributed by atoms with E-state index in [0.29, 0.717) is 18.9 Å². The highest BCUT2D eigenvalue weighted by molar-refractivity contribution is 5.76. The van der Waals surface area contributed by atoms with Crippen molar-refractivity contribution in [1.29, 1.82) is 0 Å². The van der Waals surface area contributed by atoms with Crippen LogP contribution in [0.25, 0.3) is 0 Å². The lowest BCUT2D eigenvalue weighted by atomic mass is 9.77. The van der Waals surface area contributed by atoms with Crippen LogP contribution in [0.5, 0.6) is 0 Å². The Morgan fingerprint density at radius 1 is 0.844 bits per heavy atom. The van der Waals surface area contributed by atoms with Crippen molar-refractivity contribution in [2.24, 2.45) is 0 Å². The average molecular weight is 426 g/mol. The van der Waals surface area contributed by atoms with Crippen LogP contribution in [-0.4, -0.2) is 27.3 Å². The van der Waals surface area contributed by atoms with Gasteiger partial charge in [0.25, 0.3) is 0 Å². The highest BCUT2D eigenvalue weighted by Crippen LogP contribution is 2.40. The van der Waals surface area contributed by atoms with Gasteiger partial charge in [0, 0.05) is 0 Å². The zero-order valence-corrected chi connectivity index (χ0v) is 18.4. The van der Waals surface area contributed by atoms with Crippen molar-refractivity contribution in [3.63, 3.8) is 0 Å². The third-order valence-corrected chi connectivity index (χ3v) is 5.72. The first-order valence-corrected chi connectivity index (χ1v) is 11.0. The molecule has 0 radical (unpaired) electrons. The van der Waals surface area contributed by atoms with E-state index in [1.165, 1.54) is 0 Å². The van der Waals surface area contributed by atoms with Crippen LogP contribution in [0.2, 0.25) is 0 Å². The van der Waals surface area contributed by atoms with Crippen LogP contribution in [0.1, 0.15) is 48.7 Å². The number of esters is 1. The fourth-order valence-corrected chi connectivity index (χ4v) is 4.23. The molecule has 0 aliphatic carbocycles. The molecule has 32 heavy (non-hydrogen) atoms. The quantitative estimate of drug-likeness (QED) is 0.288. The molecule has 1 heterocycles. The normalized spacial score (nSPS) is 12.3. The largest absolute Gasteiger partial charge is 0.465 e. The predicted molar refractivity (Wildman–Crippen MR) is 124 cm³/mol. The number of hydrogen-bond donors (Lipinski definition) is 0. The van der Waals surface area contributed by atoms with E-state index in [1.54, 1.807) is 6.33 Å². The van der Waals surface area contributed by atoms with E-state index in [-0.39, 0.29) is 5.97 Å². The molecule has 162 valence electrons. The zero-order valence-electron chi connectivity index (χ0n) is 18.4. The van der Waals surface area contributed by atoms with E-state index in [2.05, 4.69) is 41.4 Å². The Kier molecular flexibility index (Phi) is 6.45. The number of nitrogens with zero attached hydrogens (tertiary/aromatic N) is 3. The van der Waals surface area contributed by atoms with Crippen LogP contribution in [0.3, 0.4) is 0 Å². The molecule has 0 N–H and O–H groups in total.